The number of piperidine rings is 1. The van der Waals surface area contributed by atoms with E-state index in [9.17, 15) is 0 Å². The van der Waals surface area contributed by atoms with Crippen LogP contribution in [0.3, 0.4) is 0 Å². The van der Waals surface area contributed by atoms with Crippen LogP contribution in [0.25, 0.3) is 0 Å². The van der Waals surface area contributed by atoms with E-state index in [0.717, 1.165) is 11.8 Å². The average Bonchev–Trinajstić information content (AvgIpc) is 2.28. The Hall–Kier alpha value is -0.0800. The summed E-state index contributed by atoms with van der Waals surface area (Å²) in [7, 11) is 2.27. The number of hydrogen-bond acceptors (Lipinski definition) is 2. The number of hydrogen-bond donors (Lipinski definition) is 0. The van der Waals surface area contributed by atoms with Crippen molar-refractivity contribution in [3.05, 3.63) is 0 Å². The molecule has 1 saturated heterocycles. The second-order valence-corrected chi connectivity index (χ2v) is 6.23. The van der Waals surface area contributed by atoms with Crippen molar-refractivity contribution in [3.63, 3.8) is 0 Å². The van der Waals surface area contributed by atoms with Gasteiger partial charge in [-0.3, -0.25) is 0 Å². The molecule has 0 N–H and O–H groups in total. The van der Waals surface area contributed by atoms with Gasteiger partial charge in [-0.1, -0.05) is 20.8 Å². The van der Waals surface area contributed by atoms with E-state index in [-0.39, 0.29) is 0 Å². The molecule has 1 heterocycles. The molecule has 1 aliphatic heterocycles. The number of likely N-dealkylation sites (tertiary alicyclic amines) is 1. The van der Waals surface area contributed by atoms with E-state index in [1.54, 1.807) is 0 Å². The normalized spacial score (nSPS) is 19.4. The zero-order valence-electron chi connectivity index (χ0n) is 12.4. The molecule has 0 radical (unpaired) electrons. The van der Waals surface area contributed by atoms with Crippen LogP contribution in [-0.4, -0.2) is 49.6 Å². The maximum absolute atomic E-state index is 2.63. The first-order valence-corrected chi connectivity index (χ1v) is 7.52. The molecule has 0 spiro atoms. The van der Waals surface area contributed by atoms with E-state index >= 15 is 0 Å². The molecule has 0 aliphatic carbocycles. The molecule has 2 heteroatoms. The van der Waals surface area contributed by atoms with Crippen molar-refractivity contribution in [2.24, 2.45) is 11.8 Å². The maximum Gasteiger partial charge on any atom is 0.000133 e. The Labute approximate surface area is 108 Å². The first kappa shape index (κ1) is 15.0. The van der Waals surface area contributed by atoms with E-state index in [1.807, 2.05) is 0 Å². The monoisotopic (exact) mass is 240 g/mol. The molecule has 0 unspecified atom stereocenters. The molecule has 0 aromatic heterocycles. The Morgan fingerprint density at radius 2 is 1.88 bits per heavy atom. The van der Waals surface area contributed by atoms with Gasteiger partial charge in [0.2, 0.25) is 0 Å². The highest BCUT2D eigenvalue weighted by Gasteiger charge is 2.18. The van der Waals surface area contributed by atoms with E-state index in [0.29, 0.717) is 0 Å². The minimum absolute atomic E-state index is 0.798. The summed E-state index contributed by atoms with van der Waals surface area (Å²) in [4.78, 5) is 5.14. The van der Waals surface area contributed by atoms with Gasteiger partial charge in [0.1, 0.15) is 0 Å². The van der Waals surface area contributed by atoms with Crippen LogP contribution in [0.1, 0.15) is 46.5 Å². The van der Waals surface area contributed by atoms with Crippen molar-refractivity contribution in [2.75, 3.05) is 39.8 Å². The van der Waals surface area contributed by atoms with Crippen molar-refractivity contribution in [1.82, 2.24) is 9.80 Å². The van der Waals surface area contributed by atoms with Crippen molar-refractivity contribution >= 4 is 0 Å². The molecule has 1 aliphatic rings. The minimum Gasteiger partial charge on any atom is -0.306 e. The van der Waals surface area contributed by atoms with Crippen LogP contribution in [0.4, 0.5) is 0 Å². The van der Waals surface area contributed by atoms with Gasteiger partial charge < -0.3 is 9.80 Å². The summed E-state index contributed by atoms with van der Waals surface area (Å²) in [5, 5.41) is 0. The average molecular weight is 240 g/mol. The summed E-state index contributed by atoms with van der Waals surface area (Å²) in [6, 6.07) is 0. The lowest BCUT2D eigenvalue weighted by atomic mass is 9.93. The van der Waals surface area contributed by atoms with Crippen molar-refractivity contribution in [2.45, 2.75) is 46.5 Å². The highest BCUT2D eigenvalue weighted by Crippen LogP contribution is 2.20. The van der Waals surface area contributed by atoms with Crippen molar-refractivity contribution in [3.8, 4) is 0 Å². The zero-order chi connectivity index (χ0) is 12.7. The van der Waals surface area contributed by atoms with Gasteiger partial charge in [0.25, 0.3) is 0 Å². The maximum atomic E-state index is 2.63. The molecule has 0 aromatic rings. The Balaban J connectivity index is 2.09. The van der Waals surface area contributed by atoms with Crippen LogP contribution in [0.5, 0.6) is 0 Å². The van der Waals surface area contributed by atoms with Gasteiger partial charge in [-0.25, -0.2) is 0 Å². The van der Waals surface area contributed by atoms with E-state index in [2.05, 4.69) is 37.6 Å². The Morgan fingerprint density at radius 3 is 2.41 bits per heavy atom. The lowest BCUT2D eigenvalue weighted by molar-refractivity contribution is 0.166. The second-order valence-electron chi connectivity index (χ2n) is 6.23. The van der Waals surface area contributed by atoms with Crippen LogP contribution in [0.2, 0.25) is 0 Å². The standard InChI is InChI=1S/C15H32N2/c1-5-9-17-11-7-15(8-12-17)6-10-16(4)13-14(2)3/h14-15H,5-13H2,1-4H3. The summed E-state index contributed by atoms with van der Waals surface area (Å²) in [6.07, 6.45) is 5.57. The molecule has 1 fully saturated rings. The summed E-state index contributed by atoms with van der Waals surface area (Å²) in [6.45, 7) is 13.4. The molecule has 2 nitrogen and oxygen atoms in total. The largest absolute Gasteiger partial charge is 0.306 e. The van der Waals surface area contributed by atoms with Crippen LogP contribution >= 0.6 is 0 Å². The molecule has 0 amide bonds. The summed E-state index contributed by atoms with van der Waals surface area (Å²) in [5.74, 6) is 1.78. The smallest absolute Gasteiger partial charge is 0.000133 e. The minimum atomic E-state index is 0.798. The first-order valence-electron chi connectivity index (χ1n) is 7.52. The molecule has 1 rings (SSSR count). The van der Waals surface area contributed by atoms with Crippen LogP contribution < -0.4 is 0 Å². The quantitative estimate of drug-likeness (QED) is 0.675. The molecule has 0 aromatic carbocycles. The molecular formula is C15H32N2. The van der Waals surface area contributed by atoms with E-state index in [4.69, 9.17) is 0 Å². The SMILES string of the molecule is CCCN1CCC(CCN(C)CC(C)C)CC1. The third-order valence-electron chi connectivity index (χ3n) is 3.84. The van der Waals surface area contributed by atoms with Crippen LogP contribution in [-0.2, 0) is 0 Å². The number of rotatable bonds is 7. The third kappa shape index (κ3) is 6.42. The van der Waals surface area contributed by atoms with Gasteiger partial charge in [0.15, 0.2) is 0 Å². The van der Waals surface area contributed by atoms with E-state index < -0.39 is 0 Å². The van der Waals surface area contributed by atoms with Gasteiger partial charge in [-0.05, 0) is 70.7 Å². The van der Waals surface area contributed by atoms with Crippen LogP contribution in [0.15, 0.2) is 0 Å². The lowest BCUT2D eigenvalue weighted by Gasteiger charge is -2.32. The molecule has 0 saturated carbocycles. The molecular weight excluding hydrogens is 208 g/mol. The first-order chi connectivity index (χ1) is 8.11. The molecule has 102 valence electrons. The summed E-state index contributed by atoms with van der Waals surface area (Å²) < 4.78 is 0. The van der Waals surface area contributed by atoms with Gasteiger partial charge >= 0.3 is 0 Å². The Kier molecular flexibility index (Phi) is 7.14. The fourth-order valence-corrected chi connectivity index (χ4v) is 2.93. The second kappa shape index (κ2) is 8.10. The Morgan fingerprint density at radius 1 is 1.24 bits per heavy atom. The predicted molar refractivity (Wildman–Crippen MR) is 76.4 cm³/mol. The van der Waals surface area contributed by atoms with Crippen molar-refractivity contribution < 1.29 is 0 Å². The highest BCUT2D eigenvalue weighted by molar-refractivity contribution is 4.73. The topological polar surface area (TPSA) is 6.48 Å². The van der Waals surface area contributed by atoms with Gasteiger partial charge in [0, 0.05) is 6.54 Å². The fraction of sp³-hybridized carbons (Fsp3) is 1.00. The van der Waals surface area contributed by atoms with Gasteiger partial charge in [-0.2, -0.15) is 0 Å². The van der Waals surface area contributed by atoms with Crippen molar-refractivity contribution in [1.29, 1.82) is 0 Å². The molecule has 0 atom stereocenters. The molecule has 0 bridgehead atoms. The summed E-state index contributed by atoms with van der Waals surface area (Å²) in [5.41, 5.74) is 0. The summed E-state index contributed by atoms with van der Waals surface area (Å²) >= 11 is 0. The zero-order valence-corrected chi connectivity index (χ0v) is 12.4. The fourth-order valence-electron chi connectivity index (χ4n) is 2.93. The lowest BCUT2D eigenvalue weighted by Crippen LogP contribution is -2.35. The third-order valence-corrected chi connectivity index (χ3v) is 3.84. The highest BCUT2D eigenvalue weighted by atomic mass is 15.1. The van der Waals surface area contributed by atoms with Crippen LogP contribution in [0, 0.1) is 11.8 Å². The van der Waals surface area contributed by atoms with Gasteiger partial charge in [-0.15, -0.1) is 0 Å². The Bertz CT molecular complexity index is 183. The predicted octanol–water partition coefficient (Wildman–Crippen LogP) is 3.09. The van der Waals surface area contributed by atoms with Gasteiger partial charge in [0.05, 0.1) is 0 Å². The van der Waals surface area contributed by atoms with E-state index in [1.165, 1.54) is 58.4 Å². The number of nitrogens with zero attached hydrogens (tertiary/aromatic N) is 2. The molecule has 17 heavy (non-hydrogen) atoms.